The van der Waals surface area contributed by atoms with E-state index in [-0.39, 0.29) is 13.0 Å². The molecule has 0 radical (unpaired) electrons. The molecule has 0 aromatic heterocycles. The zero-order valence-corrected chi connectivity index (χ0v) is 34.8. The summed E-state index contributed by atoms with van der Waals surface area (Å²) in [6.07, 6.45) is 30.0. The summed E-state index contributed by atoms with van der Waals surface area (Å²) >= 11 is 0. The molecule has 6 atom stereocenters. The Morgan fingerprint density at radius 3 is 1.59 bits per heavy atom. The van der Waals surface area contributed by atoms with Crippen LogP contribution in [0.4, 0.5) is 0 Å². The standard InChI is InChI=1S/C43H73O12P/c1-3-5-7-9-11-13-15-17-19-20-22-24-26-28-30-32-37(44)54-36(34-52-33-31-29-27-25-23-21-18-16-14-12-10-8-6-4-2)35-53-56(50,51)55-43-41(48)39(46)38(45)40(47)42(43)49/h5,7,11,13-14,16-17,19,22,24,28,30,36,38-43,45-49H,3-4,6,8-10,12,15,18,20-21,23,25-27,29,31-35H2,1-2H3,(H,50,51)/b7-5-,13-11-,16-14-,19-17-,24-22-,30-28-. The predicted molar refractivity (Wildman–Crippen MR) is 221 cm³/mol. The zero-order chi connectivity index (χ0) is 41.3. The Labute approximate surface area is 336 Å². The predicted octanol–water partition coefficient (Wildman–Crippen LogP) is 7.63. The van der Waals surface area contributed by atoms with E-state index in [1.807, 2.05) is 18.2 Å². The number of phosphoric acid groups is 1. The Morgan fingerprint density at radius 1 is 0.589 bits per heavy atom. The van der Waals surface area contributed by atoms with Crippen LogP contribution in [-0.4, -0.2) is 98.9 Å². The van der Waals surface area contributed by atoms with Crippen LogP contribution in [0.25, 0.3) is 0 Å². The average Bonchev–Trinajstić information content (AvgIpc) is 3.18. The van der Waals surface area contributed by atoms with Crippen molar-refractivity contribution in [1.29, 1.82) is 0 Å². The smallest absolute Gasteiger partial charge is 0.457 e. The molecular weight excluding hydrogens is 739 g/mol. The summed E-state index contributed by atoms with van der Waals surface area (Å²) in [6, 6.07) is 0. The molecule has 0 heterocycles. The summed E-state index contributed by atoms with van der Waals surface area (Å²) in [5.41, 5.74) is 0. The highest BCUT2D eigenvalue weighted by Gasteiger charge is 2.51. The van der Waals surface area contributed by atoms with Gasteiger partial charge in [-0.2, -0.15) is 0 Å². The van der Waals surface area contributed by atoms with Crippen molar-refractivity contribution in [2.75, 3.05) is 19.8 Å². The number of ether oxygens (including phenoxy) is 2. The number of phosphoric ester groups is 1. The van der Waals surface area contributed by atoms with Crippen LogP contribution in [0.3, 0.4) is 0 Å². The van der Waals surface area contributed by atoms with Crippen molar-refractivity contribution in [2.24, 2.45) is 0 Å². The Balaban J connectivity index is 2.53. The molecule has 0 saturated heterocycles. The van der Waals surface area contributed by atoms with Gasteiger partial charge in [-0.3, -0.25) is 13.8 Å². The fourth-order valence-electron chi connectivity index (χ4n) is 5.78. The van der Waals surface area contributed by atoms with Gasteiger partial charge >= 0.3 is 13.8 Å². The molecule has 56 heavy (non-hydrogen) atoms. The first kappa shape index (κ1) is 51.8. The van der Waals surface area contributed by atoms with Crippen molar-refractivity contribution in [1.82, 2.24) is 0 Å². The number of allylic oxidation sites excluding steroid dienone is 11. The van der Waals surface area contributed by atoms with E-state index in [0.29, 0.717) is 13.0 Å². The van der Waals surface area contributed by atoms with E-state index in [1.54, 1.807) is 6.08 Å². The van der Waals surface area contributed by atoms with E-state index in [9.17, 15) is 39.8 Å². The quantitative estimate of drug-likeness (QED) is 0.0165. The second-order valence-electron chi connectivity index (χ2n) is 14.1. The molecule has 1 aliphatic rings. The summed E-state index contributed by atoms with van der Waals surface area (Å²) in [5.74, 6) is -0.609. The minimum atomic E-state index is -5.04. The van der Waals surface area contributed by atoms with Gasteiger partial charge < -0.3 is 39.9 Å². The highest BCUT2D eigenvalue weighted by molar-refractivity contribution is 7.47. The van der Waals surface area contributed by atoms with Crippen molar-refractivity contribution in [3.8, 4) is 0 Å². The average molecular weight is 813 g/mol. The minimum Gasteiger partial charge on any atom is -0.457 e. The number of carbonyl (C=O) groups is 1. The van der Waals surface area contributed by atoms with Crippen molar-refractivity contribution in [3.63, 3.8) is 0 Å². The third kappa shape index (κ3) is 25.9. The summed E-state index contributed by atoms with van der Waals surface area (Å²) in [6.45, 7) is 3.98. The third-order valence-corrected chi connectivity index (χ3v) is 10.1. The number of aliphatic hydroxyl groups is 5. The molecule has 1 aliphatic carbocycles. The Kier molecular flexibility index (Phi) is 31.2. The summed E-state index contributed by atoms with van der Waals surface area (Å²) in [7, 11) is -5.04. The SMILES string of the molecule is CC/C=C\C/C=C\C/C=C\C/C=C\C/C=C\CC(=O)OC(COCCCCCCCC/C=C\CCCCCC)COP(=O)(O)OC1C(O)C(O)C(O)C(O)C1O. The van der Waals surface area contributed by atoms with Crippen LogP contribution in [0.15, 0.2) is 72.9 Å². The van der Waals surface area contributed by atoms with Crippen LogP contribution in [-0.2, 0) is 27.9 Å². The first-order chi connectivity index (χ1) is 27.0. The molecular formula is C43H73O12P. The number of aliphatic hydroxyl groups excluding tert-OH is 5. The zero-order valence-electron chi connectivity index (χ0n) is 33.9. The molecule has 0 bridgehead atoms. The number of carbonyl (C=O) groups excluding carboxylic acids is 1. The van der Waals surface area contributed by atoms with Crippen molar-refractivity contribution in [2.45, 2.75) is 172 Å². The maximum Gasteiger partial charge on any atom is 0.472 e. The van der Waals surface area contributed by atoms with Gasteiger partial charge in [0.05, 0.1) is 19.6 Å². The van der Waals surface area contributed by atoms with Crippen LogP contribution in [0, 0.1) is 0 Å². The van der Waals surface area contributed by atoms with Gasteiger partial charge in [0.15, 0.2) is 0 Å². The summed E-state index contributed by atoms with van der Waals surface area (Å²) < 4.78 is 33.9. The number of hydrogen-bond donors (Lipinski definition) is 6. The van der Waals surface area contributed by atoms with Gasteiger partial charge in [-0.1, -0.05) is 132 Å². The lowest BCUT2D eigenvalue weighted by atomic mass is 9.85. The van der Waals surface area contributed by atoms with E-state index in [2.05, 4.69) is 62.5 Å². The van der Waals surface area contributed by atoms with E-state index < -0.39 is 63.1 Å². The summed E-state index contributed by atoms with van der Waals surface area (Å²) in [4.78, 5) is 23.0. The molecule has 0 aromatic rings. The van der Waals surface area contributed by atoms with Gasteiger partial charge in [0.1, 0.15) is 42.7 Å². The van der Waals surface area contributed by atoms with Crippen LogP contribution in [0.1, 0.15) is 129 Å². The molecule has 1 saturated carbocycles. The van der Waals surface area contributed by atoms with Crippen LogP contribution in [0.2, 0.25) is 0 Å². The van der Waals surface area contributed by atoms with Crippen molar-refractivity contribution >= 4 is 13.8 Å². The molecule has 1 rings (SSSR count). The third-order valence-electron chi connectivity index (χ3n) is 9.10. The highest BCUT2D eigenvalue weighted by atomic mass is 31.2. The molecule has 6 N–H and O–H groups in total. The molecule has 322 valence electrons. The normalized spacial score (nSPS) is 23.8. The lowest BCUT2D eigenvalue weighted by Gasteiger charge is -2.41. The molecule has 0 aliphatic heterocycles. The first-order valence-corrected chi connectivity index (χ1v) is 22.3. The molecule has 0 amide bonds. The molecule has 0 aromatic carbocycles. The molecule has 12 nitrogen and oxygen atoms in total. The maximum absolute atomic E-state index is 12.8. The Morgan fingerprint density at radius 2 is 1.05 bits per heavy atom. The van der Waals surface area contributed by atoms with Gasteiger partial charge in [-0.15, -0.1) is 0 Å². The van der Waals surface area contributed by atoms with E-state index in [4.69, 9.17) is 18.5 Å². The molecule has 0 spiro atoms. The van der Waals surface area contributed by atoms with Crippen LogP contribution < -0.4 is 0 Å². The summed E-state index contributed by atoms with van der Waals surface area (Å²) in [5, 5.41) is 50.0. The Hall–Kier alpha value is -2.22. The fourth-order valence-corrected chi connectivity index (χ4v) is 6.75. The Bertz CT molecular complexity index is 1200. The lowest BCUT2D eigenvalue weighted by Crippen LogP contribution is -2.64. The van der Waals surface area contributed by atoms with Gasteiger partial charge in [0, 0.05) is 6.61 Å². The van der Waals surface area contributed by atoms with E-state index in [0.717, 1.165) is 57.8 Å². The minimum absolute atomic E-state index is 0.0510. The number of esters is 1. The maximum atomic E-state index is 12.8. The van der Waals surface area contributed by atoms with Crippen molar-refractivity contribution < 1.29 is 58.3 Å². The lowest BCUT2D eigenvalue weighted by molar-refractivity contribution is -0.220. The number of unbranched alkanes of at least 4 members (excludes halogenated alkanes) is 10. The second kappa shape index (κ2) is 33.7. The van der Waals surface area contributed by atoms with E-state index in [1.165, 1.54) is 44.9 Å². The van der Waals surface area contributed by atoms with E-state index >= 15 is 0 Å². The topological polar surface area (TPSA) is 192 Å². The largest absolute Gasteiger partial charge is 0.472 e. The number of hydrogen-bond acceptors (Lipinski definition) is 11. The van der Waals surface area contributed by atoms with Gasteiger partial charge in [-0.05, 0) is 64.2 Å². The molecule has 13 heteroatoms. The van der Waals surface area contributed by atoms with Crippen LogP contribution >= 0.6 is 7.82 Å². The highest BCUT2D eigenvalue weighted by Crippen LogP contribution is 2.47. The monoisotopic (exact) mass is 812 g/mol. The number of rotatable bonds is 33. The van der Waals surface area contributed by atoms with Gasteiger partial charge in [0.25, 0.3) is 0 Å². The molecule has 6 unspecified atom stereocenters. The second-order valence-corrected chi connectivity index (χ2v) is 15.5. The van der Waals surface area contributed by atoms with Gasteiger partial charge in [-0.25, -0.2) is 4.57 Å². The van der Waals surface area contributed by atoms with Gasteiger partial charge in [0.2, 0.25) is 0 Å². The van der Waals surface area contributed by atoms with Crippen LogP contribution in [0.5, 0.6) is 0 Å². The fraction of sp³-hybridized carbons (Fsp3) is 0.698. The molecule has 1 fully saturated rings. The van der Waals surface area contributed by atoms with Crippen molar-refractivity contribution in [3.05, 3.63) is 72.9 Å². The first-order valence-electron chi connectivity index (χ1n) is 20.8.